The number of carbonyl (C=O) groups excluding carboxylic acids is 4. The van der Waals surface area contributed by atoms with Crippen molar-refractivity contribution in [2.45, 2.75) is 57.6 Å². The van der Waals surface area contributed by atoms with Gasteiger partial charge in [-0.1, -0.05) is 37.5 Å². The molecule has 4 amide bonds. The van der Waals surface area contributed by atoms with Crippen LogP contribution in [0.4, 0.5) is 10.5 Å². The fourth-order valence-electron chi connectivity index (χ4n) is 4.02. The second-order valence-electron chi connectivity index (χ2n) is 7.51. The van der Waals surface area contributed by atoms with Gasteiger partial charge in [0.25, 0.3) is 11.8 Å². The molecule has 1 N–H and O–H groups in total. The van der Waals surface area contributed by atoms with E-state index in [0.717, 1.165) is 24.2 Å². The summed E-state index contributed by atoms with van der Waals surface area (Å²) in [4.78, 5) is 52.5. The molecule has 29 heavy (non-hydrogen) atoms. The molecule has 1 spiro atoms. The summed E-state index contributed by atoms with van der Waals surface area (Å²) in [6, 6.07) is 8.51. The van der Waals surface area contributed by atoms with Crippen LogP contribution in [-0.4, -0.2) is 53.4 Å². The second-order valence-corrected chi connectivity index (χ2v) is 7.51. The van der Waals surface area contributed by atoms with Gasteiger partial charge in [0.2, 0.25) is 0 Å². The Kier molecular flexibility index (Phi) is 6.20. The van der Waals surface area contributed by atoms with Crippen LogP contribution in [0.5, 0.6) is 0 Å². The molecule has 8 nitrogen and oxygen atoms in total. The molecule has 1 aromatic rings. The number of likely N-dealkylation sites (N-methyl/N-ethyl adjacent to an activating group) is 1. The number of carbonyl (C=O) groups is 4. The first kappa shape index (κ1) is 20.8. The number of imide groups is 1. The van der Waals surface area contributed by atoms with E-state index in [1.165, 1.54) is 11.8 Å². The molecule has 3 rings (SSSR count). The van der Waals surface area contributed by atoms with Crippen LogP contribution >= 0.6 is 0 Å². The van der Waals surface area contributed by atoms with Gasteiger partial charge >= 0.3 is 12.0 Å². The Bertz CT molecular complexity index is 789. The number of benzene rings is 1. The van der Waals surface area contributed by atoms with Gasteiger partial charge in [0.05, 0.1) is 0 Å². The summed E-state index contributed by atoms with van der Waals surface area (Å²) in [6.07, 6.45) is 2.89. The average Bonchev–Trinajstić information content (AvgIpc) is 2.93. The summed E-state index contributed by atoms with van der Waals surface area (Å²) >= 11 is 0. The number of amides is 4. The van der Waals surface area contributed by atoms with Crippen molar-refractivity contribution in [3.05, 3.63) is 30.3 Å². The minimum absolute atomic E-state index is 0.368. The highest BCUT2D eigenvalue weighted by Crippen LogP contribution is 2.33. The van der Waals surface area contributed by atoms with Crippen molar-refractivity contribution in [3.8, 4) is 0 Å². The van der Waals surface area contributed by atoms with Crippen LogP contribution in [0.3, 0.4) is 0 Å². The first-order valence-electron chi connectivity index (χ1n) is 10.1. The molecule has 1 saturated carbocycles. The highest BCUT2D eigenvalue weighted by atomic mass is 16.5. The van der Waals surface area contributed by atoms with E-state index in [1.54, 1.807) is 12.1 Å². The van der Waals surface area contributed by atoms with Crippen LogP contribution in [0, 0.1) is 0 Å². The second kappa shape index (κ2) is 8.63. The van der Waals surface area contributed by atoms with Gasteiger partial charge in [0.15, 0.2) is 6.10 Å². The van der Waals surface area contributed by atoms with Gasteiger partial charge < -0.3 is 15.0 Å². The smallest absolute Gasteiger partial charge is 0.327 e. The molecule has 0 bridgehead atoms. The van der Waals surface area contributed by atoms with Crippen molar-refractivity contribution < 1.29 is 23.9 Å². The lowest BCUT2D eigenvalue weighted by molar-refractivity contribution is -0.156. The molecule has 8 heteroatoms. The molecule has 2 aliphatic rings. The van der Waals surface area contributed by atoms with E-state index in [4.69, 9.17) is 4.74 Å². The summed E-state index contributed by atoms with van der Waals surface area (Å²) in [5, 5.41) is 2.75. The maximum atomic E-state index is 12.7. The number of hydrogen-bond acceptors (Lipinski definition) is 5. The maximum Gasteiger partial charge on any atom is 0.327 e. The monoisotopic (exact) mass is 401 g/mol. The molecule has 0 unspecified atom stereocenters. The predicted molar refractivity (Wildman–Crippen MR) is 106 cm³/mol. The summed E-state index contributed by atoms with van der Waals surface area (Å²) < 4.78 is 5.25. The molecular weight excluding hydrogens is 374 g/mol. The molecule has 1 aliphatic carbocycles. The first-order valence-corrected chi connectivity index (χ1v) is 10.1. The van der Waals surface area contributed by atoms with E-state index in [1.807, 2.05) is 25.1 Å². The Labute approximate surface area is 170 Å². The van der Waals surface area contributed by atoms with Crippen molar-refractivity contribution in [2.75, 3.05) is 18.0 Å². The fraction of sp³-hybridized carbons (Fsp3) is 0.524. The van der Waals surface area contributed by atoms with Gasteiger partial charge in [-0.25, -0.2) is 4.79 Å². The Morgan fingerprint density at radius 1 is 1.17 bits per heavy atom. The zero-order valence-electron chi connectivity index (χ0n) is 16.8. The highest BCUT2D eigenvalue weighted by molar-refractivity contribution is 6.09. The predicted octanol–water partition coefficient (Wildman–Crippen LogP) is 2.23. The topological polar surface area (TPSA) is 96.0 Å². The van der Waals surface area contributed by atoms with Crippen LogP contribution in [-0.2, 0) is 19.1 Å². The van der Waals surface area contributed by atoms with E-state index < -0.39 is 30.2 Å². The number of para-hydroxylation sites is 1. The van der Waals surface area contributed by atoms with E-state index in [0.29, 0.717) is 25.1 Å². The molecule has 1 heterocycles. The zero-order chi connectivity index (χ0) is 21.0. The van der Waals surface area contributed by atoms with Gasteiger partial charge in [-0.2, -0.15) is 0 Å². The third kappa shape index (κ3) is 4.26. The largest absolute Gasteiger partial charge is 0.451 e. The van der Waals surface area contributed by atoms with E-state index in [-0.39, 0.29) is 11.8 Å². The van der Waals surface area contributed by atoms with Crippen LogP contribution in [0.2, 0.25) is 0 Å². The van der Waals surface area contributed by atoms with Gasteiger partial charge in [0.1, 0.15) is 12.1 Å². The molecular formula is C21H27N3O5. The molecule has 0 aromatic heterocycles. The average molecular weight is 401 g/mol. The van der Waals surface area contributed by atoms with Crippen LogP contribution in [0.1, 0.15) is 46.0 Å². The number of nitrogens with one attached hydrogen (secondary N) is 1. The molecule has 0 radical (unpaired) electrons. The Morgan fingerprint density at radius 2 is 1.83 bits per heavy atom. The van der Waals surface area contributed by atoms with Crippen LogP contribution in [0.15, 0.2) is 30.3 Å². The van der Waals surface area contributed by atoms with Crippen LogP contribution < -0.4 is 10.2 Å². The normalized spacial score (nSPS) is 19.0. The third-order valence-corrected chi connectivity index (χ3v) is 5.55. The standard InChI is InChI=1S/C21H27N3O5/c1-3-23(16-10-6-4-7-11-16)18(26)15(2)29-17(25)14-24-19(27)21(22-20(24)28)12-8-5-9-13-21/h4,6-7,10-11,15H,3,5,8-9,12-14H2,1-2H3,(H,22,28)/t15-/m1/s1. The number of urea groups is 1. The molecule has 1 aromatic carbocycles. The number of nitrogens with zero attached hydrogens (tertiary/aromatic N) is 2. The molecule has 1 saturated heterocycles. The maximum absolute atomic E-state index is 12.7. The van der Waals surface area contributed by atoms with Crippen molar-refractivity contribution in [1.29, 1.82) is 0 Å². The van der Waals surface area contributed by atoms with Crippen LogP contribution in [0.25, 0.3) is 0 Å². The highest BCUT2D eigenvalue weighted by Gasteiger charge is 2.51. The number of rotatable bonds is 6. The zero-order valence-corrected chi connectivity index (χ0v) is 16.8. The van der Waals surface area contributed by atoms with Crippen molar-refractivity contribution >= 4 is 29.5 Å². The molecule has 1 aliphatic heterocycles. The van der Waals surface area contributed by atoms with Gasteiger partial charge in [-0.3, -0.25) is 19.3 Å². The Balaban J connectivity index is 1.60. The van der Waals surface area contributed by atoms with E-state index in [2.05, 4.69) is 5.32 Å². The van der Waals surface area contributed by atoms with Gasteiger partial charge in [-0.05, 0) is 38.8 Å². The van der Waals surface area contributed by atoms with E-state index >= 15 is 0 Å². The minimum atomic E-state index is -1.04. The third-order valence-electron chi connectivity index (χ3n) is 5.55. The van der Waals surface area contributed by atoms with Crippen molar-refractivity contribution in [2.24, 2.45) is 0 Å². The van der Waals surface area contributed by atoms with Crippen molar-refractivity contribution in [3.63, 3.8) is 0 Å². The lowest BCUT2D eigenvalue weighted by Gasteiger charge is -2.30. The summed E-state index contributed by atoms with van der Waals surface area (Å²) in [7, 11) is 0. The molecule has 1 atom stereocenters. The van der Waals surface area contributed by atoms with Gasteiger partial charge in [-0.15, -0.1) is 0 Å². The minimum Gasteiger partial charge on any atom is -0.451 e. The quantitative estimate of drug-likeness (QED) is 0.582. The summed E-state index contributed by atoms with van der Waals surface area (Å²) in [5.41, 5.74) is -0.181. The lowest BCUT2D eigenvalue weighted by Crippen LogP contribution is -2.48. The summed E-state index contributed by atoms with van der Waals surface area (Å²) in [6.45, 7) is 3.23. The SMILES string of the molecule is CCN(C(=O)[C@@H](C)OC(=O)CN1C(=O)NC2(CCCCC2)C1=O)c1ccccc1. The Hall–Kier alpha value is -2.90. The van der Waals surface area contributed by atoms with E-state index in [9.17, 15) is 19.2 Å². The molecule has 156 valence electrons. The summed E-state index contributed by atoms with van der Waals surface area (Å²) in [5.74, 6) is -1.53. The van der Waals surface area contributed by atoms with Gasteiger partial charge in [0, 0.05) is 12.2 Å². The first-order chi connectivity index (χ1) is 13.9. The number of ether oxygens (including phenoxy) is 1. The Morgan fingerprint density at radius 3 is 2.45 bits per heavy atom. The van der Waals surface area contributed by atoms with Crippen molar-refractivity contribution in [1.82, 2.24) is 10.2 Å². The number of hydrogen-bond donors (Lipinski definition) is 1. The lowest BCUT2D eigenvalue weighted by atomic mass is 9.82. The number of anilines is 1. The fourth-order valence-corrected chi connectivity index (χ4v) is 4.02. The molecule has 2 fully saturated rings. The number of esters is 1.